The number of rotatable bonds is 4. The fourth-order valence-corrected chi connectivity index (χ4v) is 6.69. The van der Waals surface area contributed by atoms with Gasteiger partial charge in [0.15, 0.2) is 10.8 Å². The van der Waals surface area contributed by atoms with E-state index < -0.39 is 15.9 Å². The third kappa shape index (κ3) is 3.78. The Bertz CT molecular complexity index is 1220. The van der Waals surface area contributed by atoms with Crippen LogP contribution in [0, 0.1) is 27.7 Å². The van der Waals surface area contributed by atoms with Gasteiger partial charge < -0.3 is 4.52 Å². The quantitative estimate of drug-likeness (QED) is 0.659. The van der Waals surface area contributed by atoms with Crippen molar-refractivity contribution < 1.29 is 17.7 Å². The average molecular weight is 447 g/mol. The summed E-state index contributed by atoms with van der Waals surface area (Å²) in [6.45, 7) is 7.90. The molecule has 0 unspecified atom stereocenters. The molecule has 4 rings (SSSR count). The van der Waals surface area contributed by atoms with Crippen LogP contribution >= 0.6 is 11.3 Å². The lowest BCUT2D eigenvalue weighted by atomic mass is 10.1. The van der Waals surface area contributed by atoms with E-state index in [0.29, 0.717) is 28.8 Å². The number of anilines is 1. The van der Waals surface area contributed by atoms with E-state index in [4.69, 9.17) is 4.52 Å². The first kappa shape index (κ1) is 20.7. The maximum Gasteiger partial charge on any atom is 0.279 e. The smallest absolute Gasteiger partial charge is 0.279 e. The second-order valence-electron chi connectivity index (χ2n) is 7.48. The number of thiazole rings is 1. The fourth-order valence-electron chi connectivity index (χ4n) is 3.77. The molecular weight excluding hydrogens is 424 g/mol. The Kier molecular flexibility index (Phi) is 5.25. The van der Waals surface area contributed by atoms with E-state index in [9.17, 15) is 13.2 Å². The van der Waals surface area contributed by atoms with Crippen LogP contribution in [0.1, 0.15) is 43.5 Å². The number of carbonyl (C=O) groups excluding carboxylic acids is 1. The van der Waals surface area contributed by atoms with Gasteiger partial charge in [0.1, 0.15) is 5.76 Å². The van der Waals surface area contributed by atoms with Crippen molar-refractivity contribution in [3.05, 3.63) is 56.9 Å². The molecule has 1 amide bonds. The van der Waals surface area contributed by atoms with Crippen molar-refractivity contribution in [2.45, 2.75) is 45.6 Å². The predicted molar refractivity (Wildman–Crippen MR) is 113 cm³/mol. The highest BCUT2D eigenvalue weighted by Crippen LogP contribution is 2.33. The van der Waals surface area contributed by atoms with Crippen LogP contribution in [0.25, 0.3) is 0 Å². The molecule has 3 aromatic rings. The molecule has 3 heterocycles. The summed E-state index contributed by atoms with van der Waals surface area (Å²) < 4.78 is 33.1. The Morgan fingerprint density at radius 2 is 1.87 bits per heavy atom. The van der Waals surface area contributed by atoms with Crippen LogP contribution in [0.3, 0.4) is 0 Å². The van der Waals surface area contributed by atoms with Crippen LogP contribution in [0.4, 0.5) is 5.13 Å². The second kappa shape index (κ2) is 7.60. The molecular formula is C20H22N4O4S2. The molecule has 10 heteroatoms. The minimum Gasteiger partial charge on any atom is -0.361 e. The SMILES string of the molecule is Cc1cc(C)c(S(=O)(=O)N2CCc3nc(NC(=O)c4cc(C)on4)sc3C2)c(C)c1. The van der Waals surface area contributed by atoms with E-state index in [1.807, 2.05) is 32.9 Å². The molecule has 0 saturated heterocycles. The maximum absolute atomic E-state index is 13.3. The first-order valence-corrected chi connectivity index (χ1v) is 11.7. The van der Waals surface area contributed by atoms with Gasteiger partial charge in [0, 0.05) is 23.9 Å². The van der Waals surface area contributed by atoms with Crippen molar-refractivity contribution in [2.24, 2.45) is 0 Å². The molecule has 0 spiro atoms. The van der Waals surface area contributed by atoms with Crippen LogP contribution in [0.5, 0.6) is 0 Å². The molecule has 158 valence electrons. The predicted octanol–water partition coefficient (Wildman–Crippen LogP) is 3.36. The van der Waals surface area contributed by atoms with E-state index in [1.54, 1.807) is 13.0 Å². The molecule has 0 aliphatic carbocycles. The van der Waals surface area contributed by atoms with Crippen molar-refractivity contribution >= 4 is 32.4 Å². The summed E-state index contributed by atoms with van der Waals surface area (Å²) in [6.07, 6.45) is 0.494. The van der Waals surface area contributed by atoms with Gasteiger partial charge in [-0.25, -0.2) is 13.4 Å². The number of benzene rings is 1. The average Bonchev–Trinajstić information content (AvgIpc) is 3.25. The lowest BCUT2D eigenvalue weighted by Gasteiger charge is -2.27. The Hall–Kier alpha value is -2.56. The first-order chi connectivity index (χ1) is 14.1. The number of aromatic nitrogens is 2. The molecule has 1 aromatic carbocycles. The summed E-state index contributed by atoms with van der Waals surface area (Å²) in [6, 6.07) is 5.33. The summed E-state index contributed by atoms with van der Waals surface area (Å²) >= 11 is 1.28. The van der Waals surface area contributed by atoms with Gasteiger partial charge in [-0.2, -0.15) is 4.31 Å². The molecule has 0 bridgehead atoms. The molecule has 1 aliphatic rings. The van der Waals surface area contributed by atoms with Gasteiger partial charge >= 0.3 is 0 Å². The zero-order valence-corrected chi connectivity index (χ0v) is 18.8. The maximum atomic E-state index is 13.3. The van der Waals surface area contributed by atoms with Crippen molar-refractivity contribution in [1.29, 1.82) is 0 Å². The van der Waals surface area contributed by atoms with Crippen LogP contribution in [-0.2, 0) is 23.0 Å². The summed E-state index contributed by atoms with van der Waals surface area (Å²) in [5, 5.41) is 6.84. The molecule has 0 fully saturated rings. The number of aryl methyl sites for hydroxylation is 4. The number of nitrogens with zero attached hydrogens (tertiary/aromatic N) is 3. The zero-order valence-electron chi connectivity index (χ0n) is 17.1. The number of carbonyl (C=O) groups is 1. The van der Waals surface area contributed by atoms with Gasteiger partial charge in [0.05, 0.1) is 17.1 Å². The Morgan fingerprint density at radius 3 is 2.50 bits per heavy atom. The fraction of sp³-hybridized carbons (Fsp3) is 0.350. The number of nitrogens with one attached hydrogen (secondary N) is 1. The summed E-state index contributed by atoms with van der Waals surface area (Å²) in [7, 11) is -3.63. The Balaban J connectivity index is 1.56. The van der Waals surface area contributed by atoms with Crippen LogP contribution < -0.4 is 5.32 Å². The summed E-state index contributed by atoms with van der Waals surface area (Å²) in [5.41, 5.74) is 3.53. The second-order valence-corrected chi connectivity index (χ2v) is 10.4. The van der Waals surface area contributed by atoms with Crippen molar-refractivity contribution in [1.82, 2.24) is 14.4 Å². The van der Waals surface area contributed by atoms with Crippen molar-refractivity contribution in [3.63, 3.8) is 0 Å². The number of sulfonamides is 1. The standard InChI is InChI=1S/C20H22N4O4S2/c1-11-7-12(2)18(13(3)8-11)30(26,27)24-6-5-15-17(10-24)29-20(21-15)22-19(25)16-9-14(4)28-23-16/h7-9H,5-6,10H2,1-4H3,(H,21,22,25). The van der Waals surface area contributed by atoms with Gasteiger partial charge in [-0.15, -0.1) is 11.3 Å². The van der Waals surface area contributed by atoms with Gasteiger partial charge in [0.2, 0.25) is 10.0 Å². The monoisotopic (exact) mass is 446 g/mol. The number of amides is 1. The summed E-state index contributed by atoms with van der Waals surface area (Å²) in [4.78, 5) is 17.9. The summed E-state index contributed by atoms with van der Waals surface area (Å²) in [5.74, 6) is 0.134. The normalized spacial score (nSPS) is 14.5. The molecule has 8 nitrogen and oxygen atoms in total. The van der Waals surface area contributed by atoms with Crippen LogP contribution in [0.15, 0.2) is 27.6 Å². The lowest BCUT2D eigenvalue weighted by molar-refractivity contribution is 0.101. The minimum atomic E-state index is -3.63. The Labute approximate surface area is 179 Å². The Morgan fingerprint density at radius 1 is 1.17 bits per heavy atom. The molecule has 2 aromatic heterocycles. The molecule has 0 atom stereocenters. The third-order valence-electron chi connectivity index (χ3n) is 4.98. The van der Waals surface area contributed by atoms with E-state index in [2.05, 4.69) is 15.5 Å². The van der Waals surface area contributed by atoms with E-state index in [1.165, 1.54) is 15.6 Å². The third-order valence-corrected chi connectivity index (χ3v) is 8.13. The van der Waals surface area contributed by atoms with Crippen molar-refractivity contribution in [2.75, 3.05) is 11.9 Å². The number of hydrogen-bond acceptors (Lipinski definition) is 7. The minimum absolute atomic E-state index is 0.176. The van der Waals surface area contributed by atoms with Crippen LogP contribution in [0.2, 0.25) is 0 Å². The molecule has 1 N–H and O–H groups in total. The number of hydrogen-bond donors (Lipinski definition) is 1. The topological polar surface area (TPSA) is 105 Å². The molecule has 30 heavy (non-hydrogen) atoms. The first-order valence-electron chi connectivity index (χ1n) is 9.46. The number of fused-ring (bicyclic) bond motifs is 1. The van der Waals surface area contributed by atoms with Crippen LogP contribution in [-0.4, -0.2) is 35.3 Å². The highest BCUT2D eigenvalue weighted by molar-refractivity contribution is 7.89. The van der Waals surface area contributed by atoms with Crippen molar-refractivity contribution in [3.8, 4) is 0 Å². The van der Waals surface area contributed by atoms with E-state index in [0.717, 1.165) is 27.3 Å². The molecule has 0 radical (unpaired) electrons. The van der Waals surface area contributed by atoms with Gasteiger partial charge in [-0.05, 0) is 38.8 Å². The zero-order chi connectivity index (χ0) is 21.6. The molecule has 1 aliphatic heterocycles. The lowest BCUT2D eigenvalue weighted by Crippen LogP contribution is -2.36. The van der Waals surface area contributed by atoms with Gasteiger partial charge in [0.25, 0.3) is 5.91 Å². The molecule has 0 saturated carbocycles. The van der Waals surface area contributed by atoms with E-state index >= 15 is 0 Å². The van der Waals surface area contributed by atoms with Gasteiger partial charge in [-0.3, -0.25) is 10.1 Å². The van der Waals surface area contributed by atoms with E-state index in [-0.39, 0.29) is 12.2 Å². The largest absolute Gasteiger partial charge is 0.361 e. The van der Waals surface area contributed by atoms with Gasteiger partial charge in [-0.1, -0.05) is 22.9 Å². The highest BCUT2D eigenvalue weighted by Gasteiger charge is 2.32. The highest BCUT2D eigenvalue weighted by atomic mass is 32.2.